The fraction of sp³-hybridized carbons (Fsp3) is 0.304. The minimum absolute atomic E-state index is 0.177. The van der Waals surface area contributed by atoms with Crippen molar-refractivity contribution in [1.82, 2.24) is 20.4 Å². The van der Waals surface area contributed by atoms with Crippen LogP contribution in [-0.2, 0) is 17.8 Å². The molecule has 3 N–H and O–H groups in total. The van der Waals surface area contributed by atoms with E-state index in [2.05, 4.69) is 20.8 Å². The largest absolute Gasteiger partial charge is 0.490 e. The van der Waals surface area contributed by atoms with E-state index in [0.717, 1.165) is 28.8 Å². The first kappa shape index (κ1) is 21.0. The molecule has 2 heterocycles. The number of benzene rings is 2. The average molecular weight is 423 g/mol. The maximum Gasteiger partial charge on any atom is 0.241 e. The van der Waals surface area contributed by atoms with Gasteiger partial charge in [-0.1, -0.05) is 12.1 Å². The van der Waals surface area contributed by atoms with Gasteiger partial charge in [-0.15, -0.1) is 0 Å². The summed E-state index contributed by atoms with van der Waals surface area (Å²) < 4.78 is 19.6. The Balaban J connectivity index is 1.51. The molecule has 7 nitrogen and oxygen atoms in total. The maximum absolute atomic E-state index is 13.6. The predicted molar refractivity (Wildman–Crippen MR) is 117 cm³/mol. The number of nitrogens with one attached hydrogen (secondary N) is 3. The molecular weight excluding hydrogens is 397 g/mol. The molecule has 0 aliphatic carbocycles. The average Bonchev–Trinajstić information content (AvgIpc) is 3.29. The lowest BCUT2D eigenvalue weighted by Crippen LogP contribution is -2.44. The van der Waals surface area contributed by atoms with Crippen molar-refractivity contribution in [2.75, 3.05) is 32.6 Å². The smallest absolute Gasteiger partial charge is 0.241 e. The quantitative estimate of drug-likeness (QED) is 0.544. The Labute approximate surface area is 180 Å². The summed E-state index contributed by atoms with van der Waals surface area (Å²) in [5, 5.41) is 13.0. The van der Waals surface area contributed by atoms with Crippen molar-refractivity contribution in [2.24, 2.45) is 0 Å². The van der Waals surface area contributed by atoms with Crippen LogP contribution in [-0.4, -0.2) is 54.3 Å². The lowest BCUT2D eigenvalue weighted by atomic mass is 9.95. The van der Waals surface area contributed by atoms with Gasteiger partial charge in [-0.3, -0.25) is 9.89 Å². The van der Waals surface area contributed by atoms with E-state index >= 15 is 0 Å². The third-order valence-corrected chi connectivity index (χ3v) is 5.31. The number of carbonyl (C=O) groups excluding carboxylic acids is 1. The lowest BCUT2D eigenvalue weighted by molar-refractivity contribution is -0.118. The number of aromatic nitrogens is 2. The van der Waals surface area contributed by atoms with Crippen molar-refractivity contribution in [3.8, 4) is 16.9 Å². The van der Waals surface area contributed by atoms with E-state index in [1.54, 1.807) is 18.5 Å². The first-order valence-corrected chi connectivity index (χ1v) is 10.2. The van der Waals surface area contributed by atoms with Gasteiger partial charge in [-0.05, 0) is 61.5 Å². The molecule has 31 heavy (non-hydrogen) atoms. The van der Waals surface area contributed by atoms with Crippen LogP contribution < -0.4 is 15.4 Å². The second-order valence-corrected chi connectivity index (χ2v) is 7.89. The molecule has 1 atom stereocenters. The standard InChI is InChI=1S/C23H26FN5O2/c1-29(2)7-8-31-22-11-15(18-13-26-27-14-18)4-6-20(22)28-23(30)21-10-17-9-19(24)5-3-16(17)12-25-21/h3-6,9,11,13-14,21,25H,7-8,10,12H2,1-2H3,(H,26,27)(H,28,30)/t21-/m0/s1. The van der Waals surface area contributed by atoms with Gasteiger partial charge in [0.15, 0.2) is 0 Å². The second-order valence-electron chi connectivity index (χ2n) is 7.89. The van der Waals surface area contributed by atoms with Gasteiger partial charge < -0.3 is 20.3 Å². The summed E-state index contributed by atoms with van der Waals surface area (Å²) in [6.45, 7) is 1.76. The number of rotatable bonds is 7. The number of hydrogen-bond acceptors (Lipinski definition) is 5. The number of hydrogen-bond donors (Lipinski definition) is 3. The third kappa shape index (κ3) is 5.10. The van der Waals surface area contributed by atoms with Crippen LogP contribution in [0.1, 0.15) is 11.1 Å². The molecule has 0 unspecified atom stereocenters. The van der Waals surface area contributed by atoms with Crippen molar-refractivity contribution in [3.05, 3.63) is 65.7 Å². The summed E-state index contributed by atoms with van der Waals surface area (Å²) in [4.78, 5) is 15.0. The summed E-state index contributed by atoms with van der Waals surface area (Å²) in [6, 6.07) is 9.91. The Morgan fingerprint density at radius 2 is 2.10 bits per heavy atom. The molecule has 162 valence electrons. The number of halogens is 1. The highest BCUT2D eigenvalue weighted by Gasteiger charge is 2.25. The molecule has 2 aromatic carbocycles. The van der Waals surface area contributed by atoms with Crippen LogP contribution >= 0.6 is 0 Å². The first-order valence-electron chi connectivity index (χ1n) is 10.2. The van der Waals surface area contributed by atoms with E-state index < -0.39 is 6.04 Å². The van der Waals surface area contributed by atoms with Crippen molar-refractivity contribution in [1.29, 1.82) is 0 Å². The highest BCUT2D eigenvalue weighted by molar-refractivity contribution is 5.96. The SMILES string of the molecule is CN(C)CCOc1cc(-c2cn[nH]c2)ccc1NC(=O)[C@@H]1Cc2cc(F)ccc2CN1. The van der Waals surface area contributed by atoms with Crippen molar-refractivity contribution in [3.63, 3.8) is 0 Å². The predicted octanol–water partition coefficient (Wildman–Crippen LogP) is 2.81. The molecule has 1 amide bonds. The molecule has 0 bridgehead atoms. The molecule has 0 saturated carbocycles. The van der Waals surface area contributed by atoms with E-state index in [1.807, 2.05) is 37.2 Å². The number of anilines is 1. The Kier molecular flexibility index (Phi) is 6.29. The molecule has 1 aliphatic rings. The highest BCUT2D eigenvalue weighted by Crippen LogP contribution is 2.31. The highest BCUT2D eigenvalue weighted by atomic mass is 19.1. The van der Waals surface area contributed by atoms with E-state index in [4.69, 9.17) is 4.74 Å². The molecule has 4 rings (SSSR count). The fourth-order valence-electron chi connectivity index (χ4n) is 3.56. The molecule has 8 heteroatoms. The normalized spacial score (nSPS) is 15.5. The lowest BCUT2D eigenvalue weighted by Gasteiger charge is -2.26. The number of fused-ring (bicyclic) bond motifs is 1. The van der Waals surface area contributed by atoms with Crippen molar-refractivity contribution >= 4 is 11.6 Å². The number of nitrogens with zero attached hydrogens (tertiary/aromatic N) is 2. The van der Waals surface area contributed by atoms with Gasteiger partial charge in [0.1, 0.15) is 18.2 Å². The Bertz CT molecular complexity index is 1050. The summed E-state index contributed by atoms with van der Waals surface area (Å²) >= 11 is 0. The van der Waals surface area contributed by atoms with Gasteiger partial charge in [-0.25, -0.2) is 4.39 Å². The van der Waals surface area contributed by atoms with Crippen molar-refractivity contribution < 1.29 is 13.9 Å². The number of aromatic amines is 1. The van der Waals surface area contributed by atoms with Gasteiger partial charge >= 0.3 is 0 Å². The molecule has 1 aromatic heterocycles. The van der Waals surface area contributed by atoms with Crippen LogP contribution in [0.15, 0.2) is 48.8 Å². The van der Waals surface area contributed by atoms with Crippen LogP contribution in [0.3, 0.4) is 0 Å². The number of carbonyl (C=O) groups is 1. The van der Waals surface area contributed by atoms with Gasteiger partial charge in [0.05, 0.1) is 17.9 Å². The van der Waals surface area contributed by atoms with E-state index in [9.17, 15) is 9.18 Å². The molecule has 0 saturated heterocycles. The van der Waals surface area contributed by atoms with Crippen LogP contribution in [0.25, 0.3) is 11.1 Å². The number of H-pyrrole nitrogens is 1. The minimum Gasteiger partial charge on any atom is -0.490 e. The van der Waals surface area contributed by atoms with Crippen LogP contribution in [0, 0.1) is 5.82 Å². The first-order chi connectivity index (χ1) is 15.0. The minimum atomic E-state index is -0.447. The van der Waals surface area contributed by atoms with E-state index in [-0.39, 0.29) is 11.7 Å². The number of ether oxygens (including phenoxy) is 1. The Hall–Kier alpha value is -3.23. The summed E-state index contributed by atoms with van der Waals surface area (Å²) in [5.74, 6) is 0.130. The van der Waals surface area contributed by atoms with Gasteiger partial charge in [0.25, 0.3) is 0 Å². The number of likely N-dealkylation sites (N-methyl/N-ethyl adjacent to an activating group) is 1. The zero-order valence-corrected chi connectivity index (χ0v) is 17.6. The second kappa shape index (κ2) is 9.28. The molecular formula is C23H26FN5O2. The topological polar surface area (TPSA) is 82.3 Å². The van der Waals surface area contributed by atoms with Gasteiger partial charge in [0.2, 0.25) is 5.91 Å². The molecule has 0 radical (unpaired) electrons. The Morgan fingerprint density at radius 3 is 2.87 bits per heavy atom. The number of amides is 1. The molecule has 0 fully saturated rings. The summed E-state index contributed by atoms with van der Waals surface area (Å²) in [5.41, 5.74) is 4.34. The zero-order chi connectivity index (χ0) is 21.8. The van der Waals surface area contributed by atoms with Crippen LogP contribution in [0.4, 0.5) is 10.1 Å². The molecule has 1 aliphatic heterocycles. The van der Waals surface area contributed by atoms with Gasteiger partial charge in [-0.2, -0.15) is 5.10 Å². The van der Waals surface area contributed by atoms with Crippen LogP contribution in [0.2, 0.25) is 0 Å². The monoisotopic (exact) mass is 423 g/mol. The van der Waals surface area contributed by atoms with E-state index in [1.165, 1.54) is 12.1 Å². The fourth-order valence-corrected chi connectivity index (χ4v) is 3.56. The zero-order valence-electron chi connectivity index (χ0n) is 17.6. The molecule has 0 spiro atoms. The molecule has 3 aromatic rings. The van der Waals surface area contributed by atoms with Gasteiger partial charge in [0, 0.05) is 24.8 Å². The summed E-state index contributed by atoms with van der Waals surface area (Å²) in [6.07, 6.45) is 3.97. The van der Waals surface area contributed by atoms with E-state index in [0.29, 0.717) is 31.0 Å². The third-order valence-electron chi connectivity index (χ3n) is 5.31. The Morgan fingerprint density at radius 1 is 1.23 bits per heavy atom. The van der Waals surface area contributed by atoms with Crippen LogP contribution in [0.5, 0.6) is 5.75 Å². The summed E-state index contributed by atoms with van der Waals surface area (Å²) in [7, 11) is 3.95. The maximum atomic E-state index is 13.6. The van der Waals surface area contributed by atoms with Crippen molar-refractivity contribution in [2.45, 2.75) is 19.0 Å².